The molecule has 0 amide bonds. The van der Waals surface area contributed by atoms with Gasteiger partial charge in [-0.15, -0.1) is 11.6 Å². The van der Waals surface area contributed by atoms with E-state index in [1.807, 2.05) is 0 Å². The zero-order chi connectivity index (χ0) is 5.98. The van der Waals surface area contributed by atoms with Crippen LogP contribution in [0.4, 0.5) is 0 Å². The lowest BCUT2D eigenvalue weighted by Crippen LogP contribution is -2.44. The van der Waals surface area contributed by atoms with Gasteiger partial charge in [-0.05, 0) is 19.3 Å². The maximum Gasteiger partial charge on any atom is 0.0837 e. The molecule has 1 saturated heterocycles. The van der Waals surface area contributed by atoms with Crippen LogP contribution in [0.3, 0.4) is 0 Å². The van der Waals surface area contributed by atoms with Crippen LogP contribution in [0, 0.1) is 0 Å². The summed E-state index contributed by atoms with van der Waals surface area (Å²) >= 11 is 5.72. The summed E-state index contributed by atoms with van der Waals surface area (Å²) in [7, 11) is 0. The molecule has 1 heterocycles. The van der Waals surface area contributed by atoms with Crippen LogP contribution in [0.5, 0.6) is 0 Å². The van der Waals surface area contributed by atoms with E-state index < -0.39 is 0 Å². The van der Waals surface area contributed by atoms with Crippen molar-refractivity contribution in [1.29, 1.82) is 0 Å². The first-order valence-corrected chi connectivity index (χ1v) is 3.38. The average Bonchev–Trinajstić information content (AvgIpc) is 1.64. The second kappa shape index (κ2) is 2.67. The molecule has 0 aromatic heterocycles. The van der Waals surface area contributed by atoms with Crippen molar-refractivity contribution < 1.29 is 0 Å². The van der Waals surface area contributed by atoms with Crippen LogP contribution in [-0.2, 0) is 0 Å². The van der Waals surface area contributed by atoms with E-state index in [0.29, 0.717) is 0 Å². The van der Waals surface area contributed by atoms with E-state index in [4.69, 9.17) is 17.3 Å². The summed E-state index contributed by atoms with van der Waals surface area (Å²) in [5, 5.41) is 3.02. The van der Waals surface area contributed by atoms with Crippen LogP contribution in [-0.4, -0.2) is 11.7 Å². The number of alkyl halides is 1. The van der Waals surface area contributed by atoms with E-state index >= 15 is 0 Å². The van der Waals surface area contributed by atoms with Gasteiger partial charge in [0.25, 0.3) is 0 Å². The van der Waals surface area contributed by atoms with Crippen molar-refractivity contribution in [2.75, 3.05) is 0 Å². The van der Waals surface area contributed by atoms with Crippen molar-refractivity contribution in [2.45, 2.75) is 30.9 Å². The Morgan fingerprint density at radius 2 is 2.25 bits per heavy atom. The van der Waals surface area contributed by atoms with Crippen LogP contribution in [0.1, 0.15) is 19.3 Å². The van der Waals surface area contributed by atoms with Crippen molar-refractivity contribution in [1.82, 2.24) is 5.32 Å². The van der Waals surface area contributed by atoms with Gasteiger partial charge in [-0.1, -0.05) is 0 Å². The summed E-state index contributed by atoms with van der Waals surface area (Å²) in [4.78, 5) is 0. The predicted molar refractivity (Wildman–Crippen MR) is 34.6 cm³/mol. The van der Waals surface area contributed by atoms with Gasteiger partial charge < -0.3 is 5.73 Å². The van der Waals surface area contributed by atoms with Gasteiger partial charge in [0.05, 0.1) is 11.7 Å². The Balaban J connectivity index is 2.23. The summed E-state index contributed by atoms with van der Waals surface area (Å²) in [6.07, 6.45) is 3.40. The smallest absolute Gasteiger partial charge is 0.0837 e. The summed E-state index contributed by atoms with van der Waals surface area (Å²) < 4.78 is 0. The van der Waals surface area contributed by atoms with Gasteiger partial charge in [-0.3, -0.25) is 5.32 Å². The first-order valence-electron chi connectivity index (χ1n) is 2.95. The molecular weight excluding hydrogens is 124 g/mol. The number of piperidine rings is 1. The Morgan fingerprint density at radius 1 is 1.50 bits per heavy atom. The maximum atomic E-state index is 5.72. The van der Waals surface area contributed by atoms with E-state index in [1.54, 1.807) is 0 Å². The molecule has 0 bridgehead atoms. The van der Waals surface area contributed by atoms with E-state index in [0.717, 1.165) is 19.3 Å². The Labute approximate surface area is 54.4 Å². The predicted octanol–water partition coefficient (Wildman–Crippen LogP) is 0.610. The molecule has 0 spiro atoms. The second-order valence-corrected chi connectivity index (χ2v) is 2.70. The summed E-state index contributed by atoms with van der Waals surface area (Å²) in [5.74, 6) is 0. The Bertz CT molecular complexity index is 68.8. The summed E-state index contributed by atoms with van der Waals surface area (Å²) in [6.45, 7) is 0. The van der Waals surface area contributed by atoms with Crippen LogP contribution in [0.25, 0.3) is 0 Å². The Kier molecular flexibility index (Phi) is 2.11. The molecule has 0 saturated carbocycles. The molecule has 2 atom stereocenters. The third-order valence-corrected chi connectivity index (χ3v) is 1.71. The lowest BCUT2D eigenvalue weighted by Gasteiger charge is -2.23. The fraction of sp³-hybridized carbons (Fsp3) is 1.00. The van der Waals surface area contributed by atoms with Gasteiger partial charge in [-0.25, -0.2) is 0 Å². The molecule has 2 unspecified atom stereocenters. The zero-order valence-corrected chi connectivity index (χ0v) is 5.49. The Hall–Kier alpha value is 0.210. The lowest BCUT2D eigenvalue weighted by atomic mass is 10.1. The van der Waals surface area contributed by atoms with Crippen molar-refractivity contribution >= 4 is 11.6 Å². The molecule has 1 aliphatic heterocycles. The maximum absolute atomic E-state index is 5.72. The van der Waals surface area contributed by atoms with E-state index in [9.17, 15) is 0 Å². The average molecular weight is 135 g/mol. The van der Waals surface area contributed by atoms with E-state index in [-0.39, 0.29) is 11.7 Å². The first-order chi connectivity index (χ1) is 3.79. The number of nitrogens with two attached hydrogens (primary N) is 1. The molecule has 0 aliphatic carbocycles. The molecule has 0 aromatic rings. The van der Waals surface area contributed by atoms with Gasteiger partial charge in [0.2, 0.25) is 0 Å². The van der Waals surface area contributed by atoms with Crippen LogP contribution in [0.2, 0.25) is 0 Å². The number of halogens is 1. The van der Waals surface area contributed by atoms with Crippen LogP contribution in [0.15, 0.2) is 0 Å². The summed E-state index contributed by atoms with van der Waals surface area (Å²) in [5.41, 5.74) is 5.64. The molecule has 1 rings (SSSR count). The van der Waals surface area contributed by atoms with Gasteiger partial charge in [0.1, 0.15) is 0 Å². The SMILES string of the molecule is NC1CCCC(Cl)N1. The van der Waals surface area contributed by atoms with Gasteiger partial charge in [0.15, 0.2) is 0 Å². The minimum atomic E-state index is 0.110. The second-order valence-electron chi connectivity index (χ2n) is 2.17. The highest BCUT2D eigenvalue weighted by molar-refractivity contribution is 6.20. The molecule has 8 heavy (non-hydrogen) atoms. The van der Waals surface area contributed by atoms with Gasteiger partial charge in [-0.2, -0.15) is 0 Å². The van der Waals surface area contributed by atoms with Crippen molar-refractivity contribution in [3.63, 3.8) is 0 Å². The fourth-order valence-corrected chi connectivity index (χ4v) is 1.23. The standard InChI is InChI=1S/C5H11ClN2/c6-4-2-1-3-5(7)8-4/h4-5,8H,1-3,7H2. The molecule has 1 fully saturated rings. The van der Waals surface area contributed by atoms with E-state index in [2.05, 4.69) is 5.32 Å². The molecular formula is C5H11ClN2. The van der Waals surface area contributed by atoms with Crippen molar-refractivity contribution in [3.05, 3.63) is 0 Å². The highest BCUT2D eigenvalue weighted by Gasteiger charge is 2.14. The fourth-order valence-electron chi connectivity index (χ4n) is 0.916. The first kappa shape index (κ1) is 6.33. The van der Waals surface area contributed by atoms with E-state index in [1.165, 1.54) is 0 Å². The number of nitrogens with one attached hydrogen (secondary N) is 1. The van der Waals surface area contributed by atoms with Crippen LogP contribution < -0.4 is 11.1 Å². The number of hydrogen-bond donors (Lipinski definition) is 2. The van der Waals surface area contributed by atoms with Crippen molar-refractivity contribution in [2.24, 2.45) is 5.73 Å². The lowest BCUT2D eigenvalue weighted by molar-refractivity contribution is 0.385. The van der Waals surface area contributed by atoms with Crippen LogP contribution >= 0.6 is 11.6 Å². The molecule has 2 nitrogen and oxygen atoms in total. The topological polar surface area (TPSA) is 38.0 Å². The molecule has 0 aromatic carbocycles. The summed E-state index contributed by atoms with van der Waals surface area (Å²) in [6, 6.07) is 0. The molecule has 3 N–H and O–H groups in total. The molecule has 0 radical (unpaired) electrons. The molecule has 48 valence electrons. The monoisotopic (exact) mass is 134 g/mol. The third kappa shape index (κ3) is 1.62. The normalized spacial score (nSPS) is 39.8. The minimum Gasteiger partial charge on any atom is -0.316 e. The van der Waals surface area contributed by atoms with Gasteiger partial charge >= 0.3 is 0 Å². The largest absolute Gasteiger partial charge is 0.316 e. The van der Waals surface area contributed by atoms with Gasteiger partial charge in [0, 0.05) is 0 Å². The highest BCUT2D eigenvalue weighted by atomic mass is 35.5. The number of rotatable bonds is 0. The van der Waals surface area contributed by atoms with Crippen molar-refractivity contribution in [3.8, 4) is 0 Å². The Morgan fingerprint density at radius 3 is 2.62 bits per heavy atom. The highest BCUT2D eigenvalue weighted by Crippen LogP contribution is 2.11. The minimum absolute atomic E-state index is 0.110. The number of hydrogen-bond acceptors (Lipinski definition) is 2. The third-order valence-electron chi connectivity index (χ3n) is 1.37. The zero-order valence-electron chi connectivity index (χ0n) is 4.73. The quantitative estimate of drug-likeness (QED) is 0.376. The molecule has 1 aliphatic rings. The molecule has 3 heteroatoms.